The normalized spacial score (nSPS) is 12.5. The molecule has 0 spiro atoms. The van der Waals surface area contributed by atoms with Crippen LogP contribution in [0.15, 0.2) is 12.4 Å². The number of amides is 1. The Balaban J connectivity index is 2.56. The molecule has 0 aliphatic carbocycles. The van der Waals surface area contributed by atoms with Gasteiger partial charge in [-0.15, -0.1) is 0 Å². The fraction of sp³-hybridized carbons (Fsp3) is 0.500. The second-order valence-corrected chi connectivity index (χ2v) is 2.82. The molecule has 1 rings (SSSR count). The van der Waals surface area contributed by atoms with Crippen molar-refractivity contribution >= 4 is 5.91 Å². The Morgan fingerprint density at radius 2 is 2.57 bits per heavy atom. The van der Waals surface area contributed by atoms with Gasteiger partial charge >= 0.3 is 0 Å². The van der Waals surface area contributed by atoms with Crippen molar-refractivity contribution in [3.63, 3.8) is 0 Å². The lowest BCUT2D eigenvalue weighted by Crippen LogP contribution is -2.33. The molecule has 0 aromatic carbocycles. The van der Waals surface area contributed by atoms with Crippen molar-refractivity contribution in [2.75, 3.05) is 6.61 Å². The molecule has 1 unspecified atom stereocenters. The Morgan fingerprint density at radius 3 is 3.07 bits per heavy atom. The molecule has 3 N–H and O–H groups in total. The van der Waals surface area contributed by atoms with Crippen molar-refractivity contribution in [3.8, 4) is 0 Å². The van der Waals surface area contributed by atoms with Crippen LogP contribution in [0, 0.1) is 0 Å². The number of carbonyl (C=O) groups is 1. The predicted molar refractivity (Wildman–Crippen MR) is 49.9 cm³/mol. The van der Waals surface area contributed by atoms with Crippen molar-refractivity contribution in [2.24, 2.45) is 12.8 Å². The van der Waals surface area contributed by atoms with Crippen molar-refractivity contribution in [3.05, 3.63) is 18.0 Å². The second kappa shape index (κ2) is 4.73. The standard InChI is InChI=1S/C8H14N4O2/c1-3-14-11-8(13)7(9)6-4-10-12(2)5-6/h4-5,7H,3,9H2,1-2H3,(H,11,13). The van der Waals surface area contributed by atoms with E-state index >= 15 is 0 Å². The van der Waals surface area contributed by atoms with Crippen LogP contribution in [0.1, 0.15) is 18.5 Å². The third-order valence-corrected chi connectivity index (χ3v) is 1.68. The van der Waals surface area contributed by atoms with Crippen LogP contribution in [0.2, 0.25) is 0 Å². The summed E-state index contributed by atoms with van der Waals surface area (Å²) in [7, 11) is 1.76. The Hall–Kier alpha value is -1.40. The summed E-state index contributed by atoms with van der Waals surface area (Å²) < 4.78 is 1.59. The summed E-state index contributed by atoms with van der Waals surface area (Å²) in [5.74, 6) is -0.375. The maximum absolute atomic E-state index is 11.3. The van der Waals surface area contributed by atoms with Gasteiger partial charge in [-0.25, -0.2) is 5.48 Å². The number of hydroxylamine groups is 1. The zero-order chi connectivity index (χ0) is 10.6. The number of nitrogens with two attached hydrogens (primary N) is 1. The van der Waals surface area contributed by atoms with E-state index in [0.29, 0.717) is 12.2 Å². The molecule has 0 bridgehead atoms. The first-order chi connectivity index (χ1) is 6.65. The van der Waals surface area contributed by atoms with E-state index < -0.39 is 6.04 Å². The minimum Gasteiger partial charge on any atom is -0.316 e. The van der Waals surface area contributed by atoms with Gasteiger partial charge in [0.05, 0.1) is 12.8 Å². The molecule has 6 nitrogen and oxygen atoms in total. The molecule has 0 saturated carbocycles. The summed E-state index contributed by atoms with van der Waals surface area (Å²) >= 11 is 0. The van der Waals surface area contributed by atoms with Crippen LogP contribution in [0.25, 0.3) is 0 Å². The van der Waals surface area contributed by atoms with Gasteiger partial charge in [0.2, 0.25) is 0 Å². The van der Waals surface area contributed by atoms with E-state index in [-0.39, 0.29) is 5.91 Å². The minimum atomic E-state index is -0.741. The molecule has 1 atom stereocenters. The van der Waals surface area contributed by atoms with Crippen molar-refractivity contribution in [1.29, 1.82) is 0 Å². The smallest absolute Gasteiger partial charge is 0.265 e. The van der Waals surface area contributed by atoms with Crippen LogP contribution in [0.5, 0.6) is 0 Å². The maximum atomic E-state index is 11.3. The molecule has 78 valence electrons. The molecule has 1 aromatic heterocycles. The summed E-state index contributed by atoms with van der Waals surface area (Å²) in [6.07, 6.45) is 3.24. The molecule has 0 fully saturated rings. The van der Waals surface area contributed by atoms with Crippen LogP contribution >= 0.6 is 0 Å². The molecule has 0 radical (unpaired) electrons. The molecular formula is C8H14N4O2. The first-order valence-electron chi connectivity index (χ1n) is 4.31. The van der Waals surface area contributed by atoms with Crippen LogP contribution < -0.4 is 11.2 Å². The molecule has 0 aliphatic heterocycles. The highest BCUT2D eigenvalue weighted by Crippen LogP contribution is 2.07. The van der Waals surface area contributed by atoms with Crippen LogP contribution in [-0.4, -0.2) is 22.3 Å². The van der Waals surface area contributed by atoms with Gasteiger partial charge in [-0.1, -0.05) is 0 Å². The van der Waals surface area contributed by atoms with Gasteiger partial charge in [0.15, 0.2) is 0 Å². The van der Waals surface area contributed by atoms with Gasteiger partial charge in [0, 0.05) is 18.8 Å². The third kappa shape index (κ3) is 2.54. The van der Waals surface area contributed by atoms with Gasteiger partial charge in [-0.3, -0.25) is 14.3 Å². The number of hydrogen-bond acceptors (Lipinski definition) is 4. The number of rotatable bonds is 4. The Kier molecular flexibility index (Phi) is 3.61. The second-order valence-electron chi connectivity index (χ2n) is 2.82. The van der Waals surface area contributed by atoms with E-state index in [0.717, 1.165) is 0 Å². The first-order valence-corrected chi connectivity index (χ1v) is 4.31. The number of nitrogens with zero attached hydrogens (tertiary/aromatic N) is 2. The molecule has 6 heteroatoms. The van der Waals surface area contributed by atoms with Gasteiger partial charge in [0.1, 0.15) is 6.04 Å². The fourth-order valence-corrected chi connectivity index (χ4v) is 0.959. The van der Waals surface area contributed by atoms with Crippen molar-refractivity contribution in [2.45, 2.75) is 13.0 Å². The number of aryl methyl sites for hydroxylation is 1. The number of hydrogen-bond donors (Lipinski definition) is 2. The minimum absolute atomic E-state index is 0.375. The molecular weight excluding hydrogens is 184 g/mol. The first kappa shape index (κ1) is 10.7. The lowest BCUT2D eigenvalue weighted by atomic mass is 10.2. The number of carbonyl (C=O) groups excluding carboxylic acids is 1. The number of aromatic nitrogens is 2. The van der Waals surface area contributed by atoms with Crippen molar-refractivity contribution in [1.82, 2.24) is 15.3 Å². The van der Waals surface area contributed by atoms with Crippen LogP contribution in [0.4, 0.5) is 0 Å². The van der Waals surface area contributed by atoms with E-state index in [4.69, 9.17) is 10.6 Å². The van der Waals surface area contributed by atoms with E-state index in [2.05, 4.69) is 10.6 Å². The molecule has 1 aromatic rings. The molecule has 1 amide bonds. The fourth-order valence-electron chi connectivity index (χ4n) is 0.959. The zero-order valence-electron chi connectivity index (χ0n) is 8.23. The lowest BCUT2D eigenvalue weighted by molar-refractivity contribution is -0.134. The maximum Gasteiger partial charge on any atom is 0.265 e. The summed E-state index contributed by atoms with van der Waals surface area (Å²) in [6.45, 7) is 2.18. The highest BCUT2D eigenvalue weighted by atomic mass is 16.6. The van der Waals surface area contributed by atoms with E-state index in [1.54, 1.807) is 31.0 Å². The van der Waals surface area contributed by atoms with Gasteiger partial charge in [-0.05, 0) is 6.92 Å². The van der Waals surface area contributed by atoms with Gasteiger partial charge in [-0.2, -0.15) is 5.10 Å². The molecule has 0 aliphatic rings. The highest BCUT2D eigenvalue weighted by molar-refractivity contribution is 5.81. The summed E-state index contributed by atoms with van der Waals surface area (Å²) in [5, 5.41) is 3.92. The van der Waals surface area contributed by atoms with Gasteiger partial charge < -0.3 is 5.73 Å². The average Bonchev–Trinajstić information content (AvgIpc) is 2.60. The lowest BCUT2D eigenvalue weighted by Gasteiger charge is -2.08. The quantitative estimate of drug-likeness (QED) is 0.638. The highest BCUT2D eigenvalue weighted by Gasteiger charge is 2.16. The van der Waals surface area contributed by atoms with E-state index in [1.807, 2.05) is 0 Å². The molecule has 0 saturated heterocycles. The van der Waals surface area contributed by atoms with E-state index in [1.165, 1.54) is 0 Å². The third-order valence-electron chi connectivity index (χ3n) is 1.68. The zero-order valence-corrected chi connectivity index (χ0v) is 8.23. The van der Waals surface area contributed by atoms with Crippen molar-refractivity contribution < 1.29 is 9.63 Å². The van der Waals surface area contributed by atoms with Gasteiger partial charge in [0.25, 0.3) is 5.91 Å². The Labute approximate surface area is 82.0 Å². The Bertz CT molecular complexity index is 310. The predicted octanol–water partition coefficient (Wildman–Crippen LogP) is -0.512. The van der Waals surface area contributed by atoms with Crippen LogP contribution in [0.3, 0.4) is 0 Å². The SMILES string of the molecule is CCONC(=O)C(N)c1cnn(C)c1. The summed E-state index contributed by atoms with van der Waals surface area (Å²) in [6, 6.07) is -0.741. The topological polar surface area (TPSA) is 82.2 Å². The number of nitrogens with one attached hydrogen (secondary N) is 1. The van der Waals surface area contributed by atoms with E-state index in [9.17, 15) is 4.79 Å². The monoisotopic (exact) mass is 198 g/mol. The summed E-state index contributed by atoms with van der Waals surface area (Å²) in [5.41, 5.74) is 8.54. The molecule has 1 heterocycles. The molecule has 14 heavy (non-hydrogen) atoms. The van der Waals surface area contributed by atoms with Crippen LogP contribution in [-0.2, 0) is 16.7 Å². The average molecular weight is 198 g/mol. The largest absolute Gasteiger partial charge is 0.316 e. The summed E-state index contributed by atoms with van der Waals surface area (Å²) in [4.78, 5) is 16.1. The Morgan fingerprint density at radius 1 is 1.86 bits per heavy atom.